The van der Waals surface area contributed by atoms with Crippen LogP contribution in [0.2, 0.25) is 0 Å². The summed E-state index contributed by atoms with van der Waals surface area (Å²) in [6, 6.07) is 12.1. The number of unbranched alkanes of at least 4 members (excludes halogenated alkanes) is 2. The monoisotopic (exact) mass is 365 g/mol. The molecule has 0 radical (unpaired) electrons. The van der Waals surface area contributed by atoms with Gasteiger partial charge in [-0.25, -0.2) is 0 Å². The highest BCUT2D eigenvalue weighted by atomic mass is 16.7. The third-order valence-electron chi connectivity index (χ3n) is 5.91. The maximum absolute atomic E-state index is 13.2. The Morgan fingerprint density at radius 2 is 1.81 bits per heavy atom. The van der Waals surface area contributed by atoms with Crippen LogP contribution in [0.3, 0.4) is 0 Å². The predicted octanol–water partition coefficient (Wildman–Crippen LogP) is 4.02. The largest absolute Gasteiger partial charge is 0.492 e. The molecule has 0 saturated heterocycles. The molecule has 0 N–H and O–H groups in total. The molecule has 27 heavy (non-hydrogen) atoms. The van der Waals surface area contributed by atoms with Gasteiger partial charge in [-0.15, -0.1) is 0 Å². The van der Waals surface area contributed by atoms with Gasteiger partial charge in [0.2, 0.25) is 12.7 Å². The van der Waals surface area contributed by atoms with Crippen LogP contribution in [-0.4, -0.2) is 25.9 Å². The lowest BCUT2D eigenvalue weighted by molar-refractivity contribution is -0.120. The molecule has 5 heteroatoms. The summed E-state index contributed by atoms with van der Waals surface area (Å²) in [6.45, 7) is 3.65. The van der Waals surface area contributed by atoms with E-state index in [4.69, 9.17) is 14.2 Å². The van der Waals surface area contributed by atoms with E-state index in [2.05, 4.69) is 19.1 Å². The number of carbonyl (C=O) groups is 1. The van der Waals surface area contributed by atoms with Crippen LogP contribution in [-0.2, 0) is 10.2 Å². The predicted molar refractivity (Wildman–Crippen MR) is 102 cm³/mol. The van der Waals surface area contributed by atoms with E-state index in [-0.39, 0.29) is 12.7 Å². The molecule has 5 nitrogen and oxygen atoms in total. The van der Waals surface area contributed by atoms with Crippen molar-refractivity contribution in [2.45, 2.75) is 38.0 Å². The molecule has 1 spiro atoms. The van der Waals surface area contributed by atoms with E-state index >= 15 is 0 Å². The highest BCUT2D eigenvalue weighted by Crippen LogP contribution is 2.54. The first-order chi connectivity index (χ1) is 13.2. The molecule has 1 amide bonds. The summed E-state index contributed by atoms with van der Waals surface area (Å²) < 4.78 is 17.1. The van der Waals surface area contributed by atoms with Gasteiger partial charge in [0.25, 0.3) is 0 Å². The minimum absolute atomic E-state index is 0.166. The SMILES string of the molecule is CCCCCN1C(=O)CC2(COc3cc4c(cc32)OCO4)c2ccccc21. The fourth-order valence-electron chi connectivity index (χ4n) is 4.53. The van der Waals surface area contributed by atoms with Crippen molar-refractivity contribution in [1.29, 1.82) is 0 Å². The van der Waals surface area contributed by atoms with E-state index in [9.17, 15) is 4.79 Å². The zero-order valence-corrected chi connectivity index (χ0v) is 15.5. The van der Waals surface area contributed by atoms with Gasteiger partial charge in [-0.05, 0) is 24.1 Å². The van der Waals surface area contributed by atoms with Gasteiger partial charge in [-0.2, -0.15) is 0 Å². The molecule has 0 fully saturated rings. The number of para-hydroxylation sites is 1. The van der Waals surface area contributed by atoms with Crippen LogP contribution in [0.25, 0.3) is 0 Å². The van der Waals surface area contributed by atoms with Crippen LogP contribution in [0.5, 0.6) is 17.2 Å². The van der Waals surface area contributed by atoms with Crippen LogP contribution in [0.4, 0.5) is 5.69 Å². The van der Waals surface area contributed by atoms with Gasteiger partial charge in [-0.1, -0.05) is 38.0 Å². The van der Waals surface area contributed by atoms with Crippen LogP contribution in [0, 0.1) is 0 Å². The topological polar surface area (TPSA) is 48.0 Å². The first-order valence-corrected chi connectivity index (χ1v) is 9.70. The summed E-state index contributed by atoms with van der Waals surface area (Å²) in [5, 5.41) is 0. The molecule has 3 aliphatic rings. The summed E-state index contributed by atoms with van der Waals surface area (Å²) >= 11 is 0. The van der Waals surface area contributed by atoms with Crippen molar-refractivity contribution in [1.82, 2.24) is 0 Å². The Labute approximate surface area is 158 Å². The second-order valence-electron chi connectivity index (χ2n) is 7.52. The van der Waals surface area contributed by atoms with Gasteiger partial charge in [0.05, 0.1) is 5.41 Å². The van der Waals surface area contributed by atoms with Crippen molar-refractivity contribution in [3.8, 4) is 17.2 Å². The minimum atomic E-state index is -0.453. The Hall–Kier alpha value is -2.69. The molecule has 2 aromatic rings. The quantitative estimate of drug-likeness (QED) is 0.768. The van der Waals surface area contributed by atoms with Crippen LogP contribution in [0.15, 0.2) is 36.4 Å². The van der Waals surface area contributed by atoms with Crippen molar-refractivity contribution < 1.29 is 19.0 Å². The Bertz CT molecular complexity index is 909. The van der Waals surface area contributed by atoms with Crippen molar-refractivity contribution in [3.05, 3.63) is 47.5 Å². The molecule has 1 unspecified atom stereocenters. The number of hydrogen-bond acceptors (Lipinski definition) is 4. The average molecular weight is 365 g/mol. The highest BCUT2D eigenvalue weighted by Gasteiger charge is 2.50. The van der Waals surface area contributed by atoms with E-state index in [1.165, 1.54) is 5.56 Å². The summed E-state index contributed by atoms with van der Waals surface area (Å²) in [6.07, 6.45) is 3.71. The van der Waals surface area contributed by atoms with Gasteiger partial charge < -0.3 is 19.1 Å². The smallest absolute Gasteiger partial charge is 0.231 e. The van der Waals surface area contributed by atoms with E-state index in [1.807, 2.05) is 29.2 Å². The lowest BCUT2D eigenvalue weighted by Gasteiger charge is -2.40. The number of benzene rings is 2. The van der Waals surface area contributed by atoms with Crippen molar-refractivity contribution in [2.75, 3.05) is 24.8 Å². The van der Waals surface area contributed by atoms with E-state index in [0.29, 0.717) is 18.8 Å². The first-order valence-electron chi connectivity index (χ1n) is 9.70. The number of ether oxygens (including phenoxy) is 3. The molecule has 2 aromatic carbocycles. The Balaban J connectivity index is 1.61. The summed E-state index contributed by atoms with van der Waals surface area (Å²) in [5.41, 5.74) is 2.75. The highest BCUT2D eigenvalue weighted by molar-refractivity contribution is 5.99. The minimum Gasteiger partial charge on any atom is -0.492 e. The Morgan fingerprint density at radius 1 is 1.00 bits per heavy atom. The van der Waals surface area contributed by atoms with Gasteiger partial charge >= 0.3 is 0 Å². The zero-order chi connectivity index (χ0) is 18.4. The number of amides is 1. The van der Waals surface area contributed by atoms with Crippen molar-refractivity contribution in [3.63, 3.8) is 0 Å². The fourth-order valence-corrected chi connectivity index (χ4v) is 4.53. The van der Waals surface area contributed by atoms with Crippen LogP contribution < -0.4 is 19.1 Å². The van der Waals surface area contributed by atoms with Gasteiger partial charge in [0, 0.05) is 30.3 Å². The molecular formula is C22H23NO4. The molecule has 1 atom stereocenters. The normalized spacial score (nSPS) is 22.0. The molecule has 0 saturated carbocycles. The first kappa shape index (κ1) is 16.5. The standard InChI is InChI=1S/C22H23NO4/c1-2-3-6-9-23-17-8-5-4-7-15(17)22(12-21(23)24)13-25-18-11-20-19(10-16(18)22)26-14-27-20/h4-5,7-8,10-11H,2-3,6,9,12-14H2,1H3. The lowest BCUT2D eigenvalue weighted by atomic mass is 9.70. The Morgan fingerprint density at radius 3 is 2.67 bits per heavy atom. The number of rotatable bonds is 4. The second-order valence-corrected chi connectivity index (χ2v) is 7.52. The third kappa shape index (κ3) is 2.41. The number of anilines is 1. The van der Waals surface area contributed by atoms with Crippen LogP contribution in [0.1, 0.15) is 43.7 Å². The molecule has 0 bridgehead atoms. The summed E-state index contributed by atoms with van der Waals surface area (Å²) in [5.74, 6) is 2.40. The van der Waals surface area contributed by atoms with Gasteiger partial charge in [0.1, 0.15) is 12.4 Å². The molecule has 5 rings (SSSR count). The maximum Gasteiger partial charge on any atom is 0.231 e. The van der Waals surface area contributed by atoms with Gasteiger partial charge in [0.15, 0.2) is 11.5 Å². The number of fused-ring (bicyclic) bond motifs is 5. The Kier molecular flexibility index (Phi) is 3.78. The molecule has 3 aliphatic heterocycles. The van der Waals surface area contributed by atoms with Crippen molar-refractivity contribution >= 4 is 11.6 Å². The molecular weight excluding hydrogens is 342 g/mol. The van der Waals surface area contributed by atoms with Crippen LogP contribution >= 0.6 is 0 Å². The summed E-state index contributed by atoms with van der Waals surface area (Å²) in [4.78, 5) is 15.1. The van der Waals surface area contributed by atoms with E-state index in [0.717, 1.165) is 48.6 Å². The second kappa shape index (κ2) is 6.19. The van der Waals surface area contributed by atoms with Gasteiger partial charge in [-0.3, -0.25) is 4.79 Å². The molecule has 140 valence electrons. The fraction of sp³-hybridized carbons (Fsp3) is 0.409. The molecule has 3 heterocycles. The molecule has 0 aliphatic carbocycles. The average Bonchev–Trinajstić information content (AvgIpc) is 3.28. The van der Waals surface area contributed by atoms with E-state index in [1.54, 1.807) is 0 Å². The molecule has 0 aromatic heterocycles. The lowest BCUT2D eigenvalue weighted by Crippen LogP contribution is -2.46. The zero-order valence-electron chi connectivity index (χ0n) is 15.5. The summed E-state index contributed by atoms with van der Waals surface area (Å²) in [7, 11) is 0. The number of hydrogen-bond donors (Lipinski definition) is 0. The van der Waals surface area contributed by atoms with E-state index < -0.39 is 5.41 Å². The number of carbonyl (C=O) groups excluding carboxylic acids is 1. The third-order valence-corrected chi connectivity index (χ3v) is 5.91. The number of nitrogens with zero attached hydrogens (tertiary/aromatic N) is 1. The van der Waals surface area contributed by atoms with Crippen molar-refractivity contribution in [2.24, 2.45) is 0 Å². The maximum atomic E-state index is 13.2.